The molecule has 2 aromatic heterocycles. The molecule has 0 spiro atoms. The van der Waals surface area contributed by atoms with E-state index in [1.807, 2.05) is 0 Å². The van der Waals surface area contributed by atoms with Crippen LogP contribution in [0.15, 0.2) is 41.0 Å². The van der Waals surface area contributed by atoms with Gasteiger partial charge in [0.25, 0.3) is 12.3 Å². The molecule has 1 amide bonds. The minimum absolute atomic E-state index is 0.0155. The number of ether oxygens (including phenoxy) is 1. The van der Waals surface area contributed by atoms with Gasteiger partial charge in [-0.25, -0.2) is 13.8 Å². The molecule has 0 radical (unpaired) electrons. The Morgan fingerprint density at radius 2 is 2.19 bits per heavy atom. The molecule has 27 heavy (non-hydrogen) atoms. The fourth-order valence-electron chi connectivity index (χ4n) is 2.13. The molecular formula is C16H19F2N7O2. The van der Waals surface area contributed by atoms with Crippen LogP contribution in [-0.2, 0) is 9.53 Å². The Balaban J connectivity index is 2.32. The van der Waals surface area contributed by atoms with Crippen molar-refractivity contribution in [1.82, 2.24) is 19.7 Å². The number of anilines is 1. The number of alkyl halides is 2. The predicted octanol–water partition coefficient (Wildman–Crippen LogP) is 1.62. The van der Waals surface area contributed by atoms with Gasteiger partial charge in [-0.05, 0) is 19.1 Å². The topological polar surface area (TPSA) is 120 Å². The SMILES string of the molecule is CN=C/C(C(=O)Nc1cccc(-c2nncn2C(C)C(F)F)n1)=C(\N)OC. The third-order valence-corrected chi connectivity index (χ3v) is 3.58. The van der Waals surface area contributed by atoms with Gasteiger partial charge in [-0.1, -0.05) is 6.07 Å². The van der Waals surface area contributed by atoms with Crippen LogP contribution in [0.3, 0.4) is 0 Å². The van der Waals surface area contributed by atoms with Gasteiger partial charge in [0.2, 0.25) is 0 Å². The normalized spacial score (nSPS) is 13.6. The molecule has 0 aliphatic carbocycles. The fraction of sp³-hybridized carbons (Fsp3) is 0.312. The van der Waals surface area contributed by atoms with Crippen LogP contribution >= 0.6 is 0 Å². The Morgan fingerprint density at radius 3 is 2.81 bits per heavy atom. The van der Waals surface area contributed by atoms with E-state index in [0.717, 1.165) is 0 Å². The number of nitrogens with zero attached hydrogens (tertiary/aromatic N) is 5. The molecule has 144 valence electrons. The summed E-state index contributed by atoms with van der Waals surface area (Å²) < 4.78 is 32.1. The lowest BCUT2D eigenvalue weighted by Crippen LogP contribution is -2.21. The maximum absolute atomic E-state index is 13.0. The lowest BCUT2D eigenvalue weighted by Gasteiger charge is -2.14. The standard InChI is InChI=1S/C16H19F2N7O2/c1-9(13(17)18)25-8-21-24-15(25)11-5-4-6-12(22-11)23-16(26)10(7-20-2)14(19)27-3/h4-9,13H,19H2,1-3H3,(H,22,23,26)/b14-10-,20-7?. The Hall–Kier alpha value is -3.37. The van der Waals surface area contributed by atoms with Crippen molar-refractivity contribution in [3.05, 3.63) is 36.0 Å². The summed E-state index contributed by atoms with van der Waals surface area (Å²) in [7, 11) is 2.80. The summed E-state index contributed by atoms with van der Waals surface area (Å²) in [6.45, 7) is 1.35. The molecule has 2 aromatic rings. The Kier molecular flexibility index (Phi) is 6.52. The second-order valence-electron chi connectivity index (χ2n) is 5.37. The maximum Gasteiger partial charge on any atom is 0.263 e. The number of rotatable bonds is 7. The molecule has 2 rings (SSSR count). The fourth-order valence-corrected chi connectivity index (χ4v) is 2.13. The van der Waals surface area contributed by atoms with E-state index < -0.39 is 18.4 Å². The second-order valence-corrected chi connectivity index (χ2v) is 5.37. The number of nitrogens with two attached hydrogens (primary N) is 1. The average molecular weight is 379 g/mol. The van der Waals surface area contributed by atoms with Crippen molar-refractivity contribution in [1.29, 1.82) is 0 Å². The smallest absolute Gasteiger partial charge is 0.263 e. The molecule has 1 unspecified atom stereocenters. The first-order valence-electron chi connectivity index (χ1n) is 7.81. The van der Waals surface area contributed by atoms with Gasteiger partial charge in [-0.15, -0.1) is 10.2 Å². The van der Waals surface area contributed by atoms with E-state index in [0.29, 0.717) is 0 Å². The maximum atomic E-state index is 13.0. The van der Waals surface area contributed by atoms with E-state index in [2.05, 4.69) is 25.5 Å². The third kappa shape index (κ3) is 4.63. The third-order valence-electron chi connectivity index (χ3n) is 3.58. The van der Waals surface area contributed by atoms with E-state index in [9.17, 15) is 13.6 Å². The number of pyridine rings is 1. The van der Waals surface area contributed by atoms with Crippen LogP contribution < -0.4 is 11.1 Å². The van der Waals surface area contributed by atoms with Gasteiger partial charge >= 0.3 is 0 Å². The second kappa shape index (κ2) is 8.83. The van der Waals surface area contributed by atoms with Gasteiger partial charge < -0.3 is 20.4 Å². The minimum Gasteiger partial charge on any atom is -0.482 e. The largest absolute Gasteiger partial charge is 0.482 e. The van der Waals surface area contributed by atoms with Crippen LogP contribution in [0.25, 0.3) is 11.5 Å². The van der Waals surface area contributed by atoms with Crippen molar-refractivity contribution < 1.29 is 18.3 Å². The van der Waals surface area contributed by atoms with Gasteiger partial charge in [0, 0.05) is 13.3 Å². The van der Waals surface area contributed by atoms with Crippen molar-refractivity contribution >= 4 is 17.9 Å². The van der Waals surface area contributed by atoms with Crippen molar-refractivity contribution in [3.63, 3.8) is 0 Å². The van der Waals surface area contributed by atoms with Gasteiger partial charge in [0.15, 0.2) is 11.7 Å². The number of methoxy groups -OCH3 is 1. The van der Waals surface area contributed by atoms with E-state index >= 15 is 0 Å². The van der Waals surface area contributed by atoms with Gasteiger partial charge in [-0.3, -0.25) is 9.79 Å². The summed E-state index contributed by atoms with van der Waals surface area (Å²) in [6, 6.07) is 3.57. The number of amides is 1. The molecule has 2 heterocycles. The van der Waals surface area contributed by atoms with E-state index in [1.165, 1.54) is 44.3 Å². The Bertz CT molecular complexity index is 864. The number of aromatic nitrogens is 4. The zero-order valence-electron chi connectivity index (χ0n) is 14.9. The summed E-state index contributed by atoms with van der Waals surface area (Å²) in [5.74, 6) is -0.379. The monoisotopic (exact) mass is 379 g/mol. The number of carbonyl (C=O) groups is 1. The summed E-state index contributed by atoms with van der Waals surface area (Å²) >= 11 is 0. The first-order valence-corrected chi connectivity index (χ1v) is 7.81. The molecule has 11 heteroatoms. The summed E-state index contributed by atoms with van der Waals surface area (Å²) in [4.78, 5) is 20.4. The first kappa shape index (κ1) is 19.9. The zero-order chi connectivity index (χ0) is 20.0. The molecule has 3 N–H and O–H groups in total. The quantitative estimate of drug-likeness (QED) is 0.428. The molecular weight excluding hydrogens is 360 g/mol. The highest BCUT2D eigenvalue weighted by molar-refractivity contribution is 6.17. The van der Waals surface area contributed by atoms with Crippen LogP contribution in [0.4, 0.5) is 14.6 Å². The highest BCUT2D eigenvalue weighted by Crippen LogP contribution is 2.23. The average Bonchev–Trinajstić information content (AvgIpc) is 3.14. The molecule has 0 bridgehead atoms. The van der Waals surface area contributed by atoms with Gasteiger partial charge in [0.05, 0.1) is 13.2 Å². The highest BCUT2D eigenvalue weighted by Gasteiger charge is 2.22. The summed E-state index contributed by atoms with van der Waals surface area (Å²) in [5, 5.41) is 10.1. The Morgan fingerprint density at radius 1 is 1.44 bits per heavy atom. The number of carbonyl (C=O) groups excluding carboxylic acids is 1. The van der Waals surface area contributed by atoms with Crippen LogP contribution in [0, 0.1) is 0 Å². The molecule has 0 aromatic carbocycles. The Labute approximate surface area is 154 Å². The molecule has 0 fully saturated rings. The van der Waals surface area contributed by atoms with Crippen LogP contribution in [-0.4, -0.2) is 52.5 Å². The minimum atomic E-state index is -2.60. The van der Waals surface area contributed by atoms with Crippen molar-refractivity contribution in [3.8, 4) is 11.5 Å². The zero-order valence-corrected chi connectivity index (χ0v) is 14.9. The molecule has 0 saturated carbocycles. The number of hydrogen-bond donors (Lipinski definition) is 2. The number of aliphatic imine (C=N–C) groups is 1. The number of hydrogen-bond acceptors (Lipinski definition) is 7. The van der Waals surface area contributed by atoms with E-state index in [-0.39, 0.29) is 28.8 Å². The highest BCUT2D eigenvalue weighted by atomic mass is 19.3. The lowest BCUT2D eigenvalue weighted by molar-refractivity contribution is -0.112. The first-order chi connectivity index (χ1) is 12.9. The van der Waals surface area contributed by atoms with E-state index in [1.54, 1.807) is 12.1 Å². The van der Waals surface area contributed by atoms with Gasteiger partial charge in [0.1, 0.15) is 23.4 Å². The molecule has 9 nitrogen and oxygen atoms in total. The molecule has 0 aliphatic rings. The van der Waals surface area contributed by atoms with Crippen molar-refractivity contribution in [2.45, 2.75) is 19.4 Å². The van der Waals surface area contributed by atoms with Crippen LogP contribution in [0.2, 0.25) is 0 Å². The summed E-state index contributed by atoms with van der Waals surface area (Å²) in [5.41, 5.74) is 5.92. The van der Waals surface area contributed by atoms with Gasteiger partial charge in [-0.2, -0.15) is 0 Å². The molecule has 0 aliphatic heterocycles. The van der Waals surface area contributed by atoms with Crippen molar-refractivity contribution in [2.75, 3.05) is 19.5 Å². The number of nitrogens with one attached hydrogen (secondary N) is 1. The van der Waals surface area contributed by atoms with E-state index in [4.69, 9.17) is 10.5 Å². The van der Waals surface area contributed by atoms with Crippen LogP contribution in [0.1, 0.15) is 13.0 Å². The summed E-state index contributed by atoms with van der Waals surface area (Å²) in [6.07, 6.45) is -0.142. The van der Waals surface area contributed by atoms with Crippen LogP contribution in [0.5, 0.6) is 0 Å². The number of halogens is 2. The lowest BCUT2D eigenvalue weighted by atomic mass is 10.2. The predicted molar refractivity (Wildman–Crippen MR) is 95.2 cm³/mol. The molecule has 0 saturated heterocycles. The molecule has 1 atom stereocenters. The van der Waals surface area contributed by atoms with Crippen molar-refractivity contribution in [2.24, 2.45) is 10.7 Å².